The van der Waals surface area contributed by atoms with E-state index < -0.39 is 5.97 Å². The van der Waals surface area contributed by atoms with Crippen LogP contribution in [-0.2, 0) is 4.79 Å². The van der Waals surface area contributed by atoms with Gasteiger partial charge in [0.05, 0.1) is 5.52 Å². The number of likely N-dealkylation sites (N-methyl/N-ethyl adjacent to an activating group) is 1. The third-order valence-electron chi connectivity index (χ3n) is 3.24. The second-order valence-electron chi connectivity index (χ2n) is 4.88. The number of hydrogen-bond acceptors (Lipinski definition) is 5. The van der Waals surface area contributed by atoms with Crippen molar-refractivity contribution in [3.8, 4) is 11.4 Å². The summed E-state index contributed by atoms with van der Waals surface area (Å²) in [5.74, 6) is 0.207. The average Bonchev–Trinajstić information content (AvgIpc) is 2.54. The molecule has 1 N–H and O–H groups in total. The Morgan fingerprint density at radius 3 is 2.73 bits per heavy atom. The second-order valence-corrected chi connectivity index (χ2v) is 4.88. The van der Waals surface area contributed by atoms with Gasteiger partial charge in [-0.1, -0.05) is 12.1 Å². The molecule has 6 nitrogen and oxygen atoms in total. The van der Waals surface area contributed by atoms with E-state index in [1.54, 1.807) is 24.3 Å². The number of aromatic nitrogens is 3. The SMILES string of the molecule is CN(CC(=O)O)c1nc(-c2cccnc2)nc2ccccc12. The van der Waals surface area contributed by atoms with Gasteiger partial charge in [-0.25, -0.2) is 9.97 Å². The summed E-state index contributed by atoms with van der Waals surface area (Å²) in [5, 5.41) is 9.83. The van der Waals surface area contributed by atoms with Crippen molar-refractivity contribution in [2.24, 2.45) is 0 Å². The van der Waals surface area contributed by atoms with Gasteiger partial charge in [-0.15, -0.1) is 0 Å². The molecule has 0 saturated carbocycles. The van der Waals surface area contributed by atoms with Crippen LogP contribution in [0.1, 0.15) is 0 Å². The summed E-state index contributed by atoms with van der Waals surface area (Å²) in [5.41, 5.74) is 1.56. The normalized spacial score (nSPS) is 10.6. The van der Waals surface area contributed by atoms with Gasteiger partial charge in [0.15, 0.2) is 5.82 Å². The van der Waals surface area contributed by atoms with Crippen LogP contribution in [0.4, 0.5) is 5.82 Å². The van der Waals surface area contributed by atoms with Crippen molar-refractivity contribution in [1.29, 1.82) is 0 Å². The van der Waals surface area contributed by atoms with Crippen molar-refractivity contribution in [1.82, 2.24) is 15.0 Å². The lowest BCUT2D eigenvalue weighted by atomic mass is 10.2. The average molecular weight is 294 g/mol. The van der Waals surface area contributed by atoms with Crippen LogP contribution < -0.4 is 4.90 Å². The molecule has 0 amide bonds. The molecule has 0 aliphatic rings. The number of rotatable bonds is 4. The number of pyridine rings is 1. The lowest BCUT2D eigenvalue weighted by molar-refractivity contribution is -0.135. The number of carboxylic acid groups (broad SMARTS) is 1. The topological polar surface area (TPSA) is 79.2 Å². The van der Waals surface area contributed by atoms with E-state index in [4.69, 9.17) is 5.11 Å². The van der Waals surface area contributed by atoms with Crippen LogP contribution in [0.2, 0.25) is 0 Å². The maximum atomic E-state index is 11.0. The minimum atomic E-state index is -0.909. The van der Waals surface area contributed by atoms with E-state index in [0.717, 1.165) is 16.5 Å². The van der Waals surface area contributed by atoms with Crippen molar-refractivity contribution in [3.63, 3.8) is 0 Å². The molecule has 3 aromatic rings. The van der Waals surface area contributed by atoms with Crippen LogP contribution in [0.5, 0.6) is 0 Å². The smallest absolute Gasteiger partial charge is 0.323 e. The summed E-state index contributed by atoms with van der Waals surface area (Å²) in [6.07, 6.45) is 3.37. The zero-order chi connectivity index (χ0) is 15.5. The summed E-state index contributed by atoms with van der Waals surface area (Å²) in [7, 11) is 1.70. The number of aliphatic carboxylic acids is 1. The summed E-state index contributed by atoms with van der Waals surface area (Å²) in [6.45, 7) is -0.131. The van der Waals surface area contributed by atoms with Crippen LogP contribution in [0.15, 0.2) is 48.8 Å². The molecule has 2 heterocycles. The van der Waals surface area contributed by atoms with Crippen molar-refractivity contribution in [3.05, 3.63) is 48.8 Å². The van der Waals surface area contributed by atoms with E-state index in [2.05, 4.69) is 15.0 Å². The molecule has 0 saturated heterocycles. The molecule has 22 heavy (non-hydrogen) atoms. The van der Waals surface area contributed by atoms with E-state index >= 15 is 0 Å². The molecule has 0 fully saturated rings. The number of hydrogen-bond donors (Lipinski definition) is 1. The predicted octanol–water partition coefficient (Wildman–Crippen LogP) is 2.21. The first-order valence-corrected chi connectivity index (χ1v) is 6.75. The number of nitrogens with zero attached hydrogens (tertiary/aromatic N) is 4. The number of fused-ring (bicyclic) bond motifs is 1. The summed E-state index contributed by atoms with van der Waals surface area (Å²) in [6, 6.07) is 11.2. The maximum Gasteiger partial charge on any atom is 0.323 e. The Bertz CT molecular complexity index is 821. The number of anilines is 1. The second kappa shape index (κ2) is 5.77. The minimum Gasteiger partial charge on any atom is -0.480 e. The van der Waals surface area contributed by atoms with Gasteiger partial charge in [0.2, 0.25) is 0 Å². The summed E-state index contributed by atoms with van der Waals surface area (Å²) in [4.78, 5) is 25.7. The van der Waals surface area contributed by atoms with E-state index in [-0.39, 0.29) is 6.54 Å². The maximum absolute atomic E-state index is 11.0. The molecule has 3 rings (SSSR count). The molecule has 6 heteroatoms. The van der Waals surface area contributed by atoms with E-state index in [0.29, 0.717) is 11.6 Å². The minimum absolute atomic E-state index is 0.131. The van der Waals surface area contributed by atoms with E-state index in [1.807, 2.05) is 36.4 Å². The van der Waals surface area contributed by atoms with Gasteiger partial charge < -0.3 is 10.0 Å². The highest BCUT2D eigenvalue weighted by atomic mass is 16.4. The third kappa shape index (κ3) is 2.71. The molecular formula is C16H14N4O2. The Morgan fingerprint density at radius 1 is 1.18 bits per heavy atom. The fourth-order valence-corrected chi connectivity index (χ4v) is 2.25. The van der Waals surface area contributed by atoms with Crippen LogP contribution in [0, 0.1) is 0 Å². The van der Waals surface area contributed by atoms with Gasteiger partial charge in [0.1, 0.15) is 12.4 Å². The number of carboxylic acids is 1. The fraction of sp³-hybridized carbons (Fsp3) is 0.125. The van der Waals surface area contributed by atoms with Crippen LogP contribution in [0.3, 0.4) is 0 Å². The molecule has 0 bridgehead atoms. The van der Waals surface area contributed by atoms with Crippen LogP contribution in [0.25, 0.3) is 22.3 Å². The molecule has 0 spiro atoms. The standard InChI is InChI=1S/C16H14N4O2/c1-20(10-14(21)22)16-12-6-2-3-7-13(12)18-15(19-16)11-5-4-8-17-9-11/h2-9H,10H2,1H3,(H,21,22). The largest absolute Gasteiger partial charge is 0.480 e. The number of benzene rings is 1. The molecule has 110 valence electrons. The zero-order valence-corrected chi connectivity index (χ0v) is 12.0. The highest BCUT2D eigenvalue weighted by Crippen LogP contribution is 2.26. The Labute approximate surface area is 127 Å². The van der Waals surface area contributed by atoms with Gasteiger partial charge in [0.25, 0.3) is 0 Å². The molecule has 0 atom stereocenters. The predicted molar refractivity (Wildman–Crippen MR) is 83.7 cm³/mol. The highest BCUT2D eigenvalue weighted by Gasteiger charge is 2.14. The highest BCUT2D eigenvalue weighted by molar-refractivity contribution is 5.92. The lowest BCUT2D eigenvalue weighted by Gasteiger charge is -2.18. The van der Waals surface area contributed by atoms with Gasteiger partial charge in [-0.05, 0) is 24.3 Å². The number of carbonyl (C=O) groups is 1. The molecule has 0 radical (unpaired) electrons. The van der Waals surface area contributed by atoms with Gasteiger partial charge in [-0.2, -0.15) is 0 Å². The fourth-order valence-electron chi connectivity index (χ4n) is 2.25. The first kappa shape index (κ1) is 13.9. The lowest BCUT2D eigenvalue weighted by Crippen LogP contribution is -2.26. The van der Waals surface area contributed by atoms with Crippen molar-refractivity contribution < 1.29 is 9.90 Å². The number of para-hydroxylation sites is 1. The quantitative estimate of drug-likeness (QED) is 0.794. The summed E-state index contributed by atoms with van der Waals surface area (Å²) >= 11 is 0. The molecule has 0 aliphatic carbocycles. The van der Waals surface area contributed by atoms with Gasteiger partial charge in [-0.3, -0.25) is 9.78 Å². The van der Waals surface area contributed by atoms with Crippen molar-refractivity contribution in [2.75, 3.05) is 18.5 Å². The first-order chi connectivity index (χ1) is 10.6. The van der Waals surface area contributed by atoms with Crippen LogP contribution >= 0.6 is 0 Å². The molecule has 0 unspecified atom stereocenters. The summed E-state index contributed by atoms with van der Waals surface area (Å²) < 4.78 is 0. The Morgan fingerprint density at radius 2 is 2.00 bits per heavy atom. The van der Waals surface area contributed by atoms with Gasteiger partial charge in [0, 0.05) is 30.4 Å². The molecule has 0 aliphatic heterocycles. The Kier molecular flexibility index (Phi) is 3.65. The van der Waals surface area contributed by atoms with Crippen molar-refractivity contribution in [2.45, 2.75) is 0 Å². The monoisotopic (exact) mass is 294 g/mol. The van der Waals surface area contributed by atoms with Gasteiger partial charge >= 0.3 is 5.97 Å². The van der Waals surface area contributed by atoms with E-state index in [9.17, 15) is 4.79 Å². The van der Waals surface area contributed by atoms with Crippen LogP contribution in [-0.4, -0.2) is 39.6 Å². The molecule has 1 aromatic carbocycles. The third-order valence-corrected chi connectivity index (χ3v) is 3.24. The Balaban J connectivity index is 2.18. The van der Waals surface area contributed by atoms with E-state index in [1.165, 1.54) is 0 Å². The van der Waals surface area contributed by atoms with Crippen molar-refractivity contribution >= 4 is 22.7 Å². The zero-order valence-electron chi connectivity index (χ0n) is 12.0. The Hall–Kier alpha value is -3.02. The molecular weight excluding hydrogens is 280 g/mol. The molecule has 2 aromatic heterocycles. The first-order valence-electron chi connectivity index (χ1n) is 6.75.